The smallest absolute Gasteiger partial charge is 0.144 e. The molecule has 1 aliphatic heterocycles. The number of nitrogens with zero attached hydrogens (tertiary/aromatic N) is 2. The zero-order valence-electron chi connectivity index (χ0n) is 9.84. The van der Waals surface area contributed by atoms with Crippen molar-refractivity contribution in [1.29, 1.82) is 0 Å². The fourth-order valence-corrected chi connectivity index (χ4v) is 2.37. The van der Waals surface area contributed by atoms with Crippen LogP contribution in [0.5, 0.6) is 0 Å². The molecule has 1 aromatic carbocycles. The first kappa shape index (κ1) is 11.9. The molecule has 0 atom stereocenters. The van der Waals surface area contributed by atoms with Gasteiger partial charge in [-0.05, 0) is 6.07 Å². The third-order valence-electron chi connectivity index (χ3n) is 3.16. The SMILES string of the molecule is Fc1cc2[nH]c(CN3CCNCC3)nc2cc1Cl. The fourth-order valence-electron chi connectivity index (χ4n) is 2.21. The molecule has 1 aromatic heterocycles. The fraction of sp³-hybridized carbons (Fsp3) is 0.417. The largest absolute Gasteiger partial charge is 0.341 e. The monoisotopic (exact) mass is 268 g/mol. The van der Waals surface area contributed by atoms with Crippen LogP contribution in [0.4, 0.5) is 4.39 Å². The van der Waals surface area contributed by atoms with Crippen molar-refractivity contribution in [3.8, 4) is 0 Å². The van der Waals surface area contributed by atoms with Crippen molar-refractivity contribution < 1.29 is 4.39 Å². The molecule has 2 aromatic rings. The second-order valence-corrected chi connectivity index (χ2v) is 4.90. The van der Waals surface area contributed by atoms with Crippen LogP contribution in [-0.2, 0) is 6.54 Å². The maximum atomic E-state index is 13.3. The summed E-state index contributed by atoms with van der Waals surface area (Å²) >= 11 is 5.74. The molecular formula is C12H14ClFN4. The van der Waals surface area contributed by atoms with E-state index in [1.807, 2.05) is 0 Å². The van der Waals surface area contributed by atoms with Gasteiger partial charge in [0.2, 0.25) is 0 Å². The van der Waals surface area contributed by atoms with Crippen LogP contribution in [0.3, 0.4) is 0 Å². The van der Waals surface area contributed by atoms with Crippen molar-refractivity contribution in [2.24, 2.45) is 0 Å². The Balaban J connectivity index is 1.84. The normalized spacial score (nSPS) is 17.4. The minimum atomic E-state index is -0.415. The van der Waals surface area contributed by atoms with E-state index < -0.39 is 5.82 Å². The molecule has 0 amide bonds. The number of fused-ring (bicyclic) bond motifs is 1. The van der Waals surface area contributed by atoms with Gasteiger partial charge in [0, 0.05) is 32.2 Å². The number of hydrogen-bond acceptors (Lipinski definition) is 3. The van der Waals surface area contributed by atoms with Gasteiger partial charge in [-0.2, -0.15) is 0 Å². The maximum Gasteiger partial charge on any atom is 0.144 e. The lowest BCUT2D eigenvalue weighted by atomic mass is 10.3. The van der Waals surface area contributed by atoms with Crippen LogP contribution in [0, 0.1) is 5.82 Å². The molecular weight excluding hydrogens is 255 g/mol. The molecule has 1 aliphatic rings. The van der Waals surface area contributed by atoms with Crippen molar-refractivity contribution >= 4 is 22.6 Å². The topological polar surface area (TPSA) is 44.0 Å². The minimum absolute atomic E-state index is 0.114. The zero-order valence-corrected chi connectivity index (χ0v) is 10.6. The van der Waals surface area contributed by atoms with E-state index in [9.17, 15) is 4.39 Å². The molecule has 1 fully saturated rings. The van der Waals surface area contributed by atoms with Crippen LogP contribution >= 0.6 is 11.6 Å². The van der Waals surface area contributed by atoms with Crippen LogP contribution in [0.2, 0.25) is 5.02 Å². The van der Waals surface area contributed by atoms with E-state index in [4.69, 9.17) is 11.6 Å². The van der Waals surface area contributed by atoms with E-state index in [1.165, 1.54) is 6.07 Å². The second-order valence-electron chi connectivity index (χ2n) is 4.49. The van der Waals surface area contributed by atoms with Crippen LogP contribution in [0.15, 0.2) is 12.1 Å². The first-order chi connectivity index (χ1) is 8.72. The van der Waals surface area contributed by atoms with E-state index in [-0.39, 0.29) is 5.02 Å². The van der Waals surface area contributed by atoms with Crippen LogP contribution < -0.4 is 5.32 Å². The number of benzene rings is 1. The number of aromatic amines is 1. The van der Waals surface area contributed by atoms with Gasteiger partial charge in [0.05, 0.1) is 22.6 Å². The number of H-pyrrole nitrogens is 1. The first-order valence-corrected chi connectivity index (χ1v) is 6.37. The van der Waals surface area contributed by atoms with Gasteiger partial charge in [-0.25, -0.2) is 9.37 Å². The molecule has 0 saturated carbocycles. The molecule has 2 N–H and O–H groups in total. The van der Waals surface area contributed by atoms with E-state index in [2.05, 4.69) is 20.2 Å². The maximum absolute atomic E-state index is 13.3. The summed E-state index contributed by atoms with van der Waals surface area (Å²) in [4.78, 5) is 9.89. The van der Waals surface area contributed by atoms with Crippen molar-refractivity contribution in [2.75, 3.05) is 26.2 Å². The molecule has 2 heterocycles. The highest BCUT2D eigenvalue weighted by molar-refractivity contribution is 6.31. The lowest BCUT2D eigenvalue weighted by molar-refractivity contribution is 0.229. The van der Waals surface area contributed by atoms with Gasteiger partial charge >= 0.3 is 0 Å². The third kappa shape index (κ3) is 2.34. The summed E-state index contributed by atoms with van der Waals surface area (Å²) in [6.45, 7) is 4.77. The zero-order chi connectivity index (χ0) is 12.5. The summed E-state index contributed by atoms with van der Waals surface area (Å²) in [5.41, 5.74) is 1.41. The number of aromatic nitrogens is 2. The van der Waals surface area contributed by atoms with Crippen LogP contribution in [-0.4, -0.2) is 41.0 Å². The van der Waals surface area contributed by atoms with Gasteiger partial charge in [0.25, 0.3) is 0 Å². The van der Waals surface area contributed by atoms with Crippen molar-refractivity contribution in [2.45, 2.75) is 6.54 Å². The van der Waals surface area contributed by atoms with E-state index in [1.54, 1.807) is 6.07 Å². The van der Waals surface area contributed by atoms with Gasteiger partial charge in [0.1, 0.15) is 11.6 Å². The number of halogens is 2. The van der Waals surface area contributed by atoms with Gasteiger partial charge in [0.15, 0.2) is 0 Å². The standard InChI is InChI=1S/C12H14ClFN4/c13-8-5-10-11(6-9(8)14)17-12(16-10)7-18-3-1-15-2-4-18/h5-6,15H,1-4,7H2,(H,16,17). The summed E-state index contributed by atoms with van der Waals surface area (Å²) in [5, 5.41) is 3.42. The van der Waals surface area contributed by atoms with Gasteiger partial charge < -0.3 is 10.3 Å². The predicted octanol–water partition coefficient (Wildman–Crippen LogP) is 1.76. The summed E-state index contributed by atoms with van der Waals surface area (Å²) in [7, 11) is 0. The Bertz CT molecular complexity index is 523. The highest BCUT2D eigenvalue weighted by atomic mass is 35.5. The highest BCUT2D eigenvalue weighted by Gasteiger charge is 2.13. The van der Waals surface area contributed by atoms with Crippen molar-refractivity contribution in [3.63, 3.8) is 0 Å². The lowest BCUT2D eigenvalue weighted by Gasteiger charge is -2.26. The highest BCUT2D eigenvalue weighted by Crippen LogP contribution is 2.21. The van der Waals surface area contributed by atoms with E-state index in [0.29, 0.717) is 11.0 Å². The molecule has 4 nitrogen and oxygen atoms in total. The molecule has 3 rings (SSSR count). The first-order valence-electron chi connectivity index (χ1n) is 5.99. The number of nitrogens with one attached hydrogen (secondary N) is 2. The number of rotatable bonds is 2. The Labute approximate surface area is 109 Å². The van der Waals surface area contributed by atoms with Crippen LogP contribution in [0.1, 0.15) is 5.82 Å². The van der Waals surface area contributed by atoms with E-state index in [0.717, 1.165) is 38.5 Å². The summed E-state index contributed by atoms with van der Waals surface area (Å²) < 4.78 is 13.3. The Morgan fingerprint density at radius 2 is 2.11 bits per heavy atom. The molecule has 0 radical (unpaired) electrons. The van der Waals surface area contributed by atoms with Gasteiger partial charge in [-0.3, -0.25) is 4.90 Å². The molecule has 0 unspecified atom stereocenters. The average Bonchev–Trinajstić information content (AvgIpc) is 2.72. The molecule has 18 heavy (non-hydrogen) atoms. The summed E-state index contributed by atoms with van der Waals surface area (Å²) in [5.74, 6) is 0.440. The summed E-state index contributed by atoms with van der Waals surface area (Å²) in [6.07, 6.45) is 0. The van der Waals surface area contributed by atoms with E-state index >= 15 is 0 Å². The molecule has 0 bridgehead atoms. The number of hydrogen-bond donors (Lipinski definition) is 2. The lowest BCUT2D eigenvalue weighted by Crippen LogP contribution is -2.43. The Kier molecular flexibility index (Phi) is 3.20. The second kappa shape index (κ2) is 4.84. The Hall–Kier alpha value is -1.17. The van der Waals surface area contributed by atoms with Crippen molar-refractivity contribution in [1.82, 2.24) is 20.2 Å². The van der Waals surface area contributed by atoms with Gasteiger partial charge in [-0.1, -0.05) is 11.6 Å². The molecule has 6 heteroatoms. The Morgan fingerprint density at radius 1 is 1.33 bits per heavy atom. The predicted molar refractivity (Wildman–Crippen MR) is 69.2 cm³/mol. The Morgan fingerprint density at radius 3 is 2.89 bits per heavy atom. The van der Waals surface area contributed by atoms with Crippen molar-refractivity contribution in [3.05, 3.63) is 28.8 Å². The van der Waals surface area contributed by atoms with Crippen LogP contribution in [0.25, 0.3) is 11.0 Å². The molecule has 96 valence electrons. The number of piperazine rings is 1. The number of imidazole rings is 1. The quantitative estimate of drug-likeness (QED) is 0.872. The molecule has 0 spiro atoms. The minimum Gasteiger partial charge on any atom is -0.341 e. The molecule has 1 saturated heterocycles. The summed E-state index contributed by atoms with van der Waals surface area (Å²) in [6, 6.07) is 2.95. The average molecular weight is 269 g/mol. The third-order valence-corrected chi connectivity index (χ3v) is 3.45. The van der Waals surface area contributed by atoms with Gasteiger partial charge in [-0.15, -0.1) is 0 Å². The molecule has 0 aliphatic carbocycles.